The van der Waals surface area contributed by atoms with Crippen molar-refractivity contribution in [3.05, 3.63) is 63.6 Å². The molecule has 0 heterocycles. The van der Waals surface area contributed by atoms with E-state index in [0.29, 0.717) is 28.7 Å². The SMILES string of the molecule is CCOc1cc(/C=C/C(=O)NNC(=O)c2ccccc2Cl)cc(Cl)c1OC. The van der Waals surface area contributed by atoms with Crippen molar-refractivity contribution in [2.75, 3.05) is 13.7 Å². The number of benzene rings is 2. The zero-order chi connectivity index (χ0) is 19.8. The summed E-state index contributed by atoms with van der Waals surface area (Å²) in [6.07, 6.45) is 2.78. The number of carbonyl (C=O) groups excluding carboxylic acids is 2. The number of ether oxygens (including phenoxy) is 2. The Kier molecular flexibility index (Phi) is 7.52. The Labute approximate surface area is 167 Å². The van der Waals surface area contributed by atoms with Gasteiger partial charge in [-0.3, -0.25) is 20.4 Å². The summed E-state index contributed by atoms with van der Waals surface area (Å²) in [6.45, 7) is 2.28. The van der Waals surface area contributed by atoms with Crippen LogP contribution >= 0.6 is 23.2 Å². The molecule has 0 fully saturated rings. The highest BCUT2D eigenvalue weighted by molar-refractivity contribution is 6.33. The second-order valence-electron chi connectivity index (χ2n) is 5.22. The number of methoxy groups -OCH3 is 1. The third kappa shape index (κ3) is 5.64. The highest BCUT2D eigenvalue weighted by Crippen LogP contribution is 2.36. The number of amides is 2. The van der Waals surface area contributed by atoms with E-state index in [1.54, 1.807) is 36.4 Å². The summed E-state index contributed by atoms with van der Waals surface area (Å²) in [7, 11) is 1.49. The fourth-order valence-electron chi connectivity index (χ4n) is 2.19. The van der Waals surface area contributed by atoms with Crippen LogP contribution in [0.1, 0.15) is 22.8 Å². The number of carbonyl (C=O) groups is 2. The Balaban J connectivity index is 2.02. The fourth-order valence-corrected chi connectivity index (χ4v) is 2.71. The molecule has 0 aliphatic carbocycles. The first-order chi connectivity index (χ1) is 13.0. The molecule has 8 heteroatoms. The van der Waals surface area contributed by atoms with E-state index in [1.165, 1.54) is 19.3 Å². The van der Waals surface area contributed by atoms with E-state index in [9.17, 15) is 9.59 Å². The molecule has 0 aliphatic rings. The number of rotatable bonds is 6. The average molecular weight is 409 g/mol. The van der Waals surface area contributed by atoms with Crippen molar-refractivity contribution >= 4 is 41.1 Å². The second kappa shape index (κ2) is 9.85. The topological polar surface area (TPSA) is 76.7 Å². The Morgan fingerprint density at radius 3 is 2.52 bits per heavy atom. The van der Waals surface area contributed by atoms with Gasteiger partial charge >= 0.3 is 0 Å². The summed E-state index contributed by atoms with van der Waals surface area (Å²) >= 11 is 12.1. The van der Waals surface area contributed by atoms with E-state index in [0.717, 1.165) is 0 Å². The number of halogens is 2. The fraction of sp³-hybridized carbons (Fsp3) is 0.158. The van der Waals surface area contributed by atoms with E-state index in [1.807, 2.05) is 6.92 Å². The van der Waals surface area contributed by atoms with Crippen LogP contribution in [0.15, 0.2) is 42.5 Å². The van der Waals surface area contributed by atoms with Gasteiger partial charge in [0.15, 0.2) is 11.5 Å². The molecule has 0 bridgehead atoms. The maximum atomic E-state index is 12.0. The Morgan fingerprint density at radius 2 is 1.85 bits per heavy atom. The lowest BCUT2D eigenvalue weighted by Gasteiger charge is -2.11. The molecule has 142 valence electrons. The Hall–Kier alpha value is -2.70. The van der Waals surface area contributed by atoms with E-state index in [-0.39, 0.29) is 10.6 Å². The van der Waals surface area contributed by atoms with Crippen molar-refractivity contribution in [3.8, 4) is 11.5 Å². The van der Waals surface area contributed by atoms with E-state index < -0.39 is 11.8 Å². The van der Waals surface area contributed by atoms with E-state index >= 15 is 0 Å². The zero-order valence-electron chi connectivity index (χ0n) is 14.7. The maximum Gasteiger partial charge on any atom is 0.271 e. The van der Waals surface area contributed by atoms with Crippen LogP contribution < -0.4 is 20.3 Å². The van der Waals surface area contributed by atoms with Crippen LogP contribution in [0.2, 0.25) is 10.0 Å². The Bertz CT molecular complexity index is 869. The molecule has 2 N–H and O–H groups in total. The van der Waals surface area contributed by atoms with Crippen molar-refractivity contribution in [2.45, 2.75) is 6.92 Å². The molecule has 2 aromatic carbocycles. The van der Waals surface area contributed by atoms with Gasteiger partial charge in [0.1, 0.15) is 0 Å². The van der Waals surface area contributed by atoms with Crippen LogP contribution in [0.25, 0.3) is 6.08 Å². The highest BCUT2D eigenvalue weighted by atomic mass is 35.5. The van der Waals surface area contributed by atoms with Crippen LogP contribution in [0.3, 0.4) is 0 Å². The molecule has 27 heavy (non-hydrogen) atoms. The van der Waals surface area contributed by atoms with E-state index in [4.69, 9.17) is 32.7 Å². The van der Waals surface area contributed by atoms with Gasteiger partial charge in [0.05, 0.1) is 29.3 Å². The molecule has 0 saturated carbocycles. The third-order valence-corrected chi connectivity index (χ3v) is 3.99. The molecule has 0 saturated heterocycles. The van der Waals surface area contributed by atoms with Crippen molar-refractivity contribution in [1.29, 1.82) is 0 Å². The Morgan fingerprint density at radius 1 is 1.11 bits per heavy atom. The minimum absolute atomic E-state index is 0.256. The van der Waals surface area contributed by atoms with Crippen molar-refractivity contribution < 1.29 is 19.1 Å². The third-order valence-electron chi connectivity index (χ3n) is 3.38. The van der Waals surface area contributed by atoms with Gasteiger partial charge in [-0.05, 0) is 42.8 Å². The molecule has 0 aliphatic heterocycles. The summed E-state index contributed by atoms with van der Waals surface area (Å²) in [4.78, 5) is 23.9. The average Bonchev–Trinajstić information content (AvgIpc) is 2.65. The van der Waals surface area contributed by atoms with Crippen LogP contribution in [-0.4, -0.2) is 25.5 Å². The summed E-state index contributed by atoms with van der Waals surface area (Å²) in [5.74, 6) is -0.152. The van der Waals surface area contributed by atoms with Gasteiger partial charge in [-0.1, -0.05) is 35.3 Å². The first-order valence-electron chi connectivity index (χ1n) is 7.99. The van der Waals surface area contributed by atoms with Crippen LogP contribution in [0.5, 0.6) is 11.5 Å². The highest BCUT2D eigenvalue weighted by Gasteiger charge is 2.11. The van der Waals surface area contributed by atoms with Crippen molar-refractivity contribution in [3.63, 3.8) is 0 Å². The van der Waals surface area contributed by atoms with Crippen molar-refractivity contribution in [2.24, 2.45) is 0 Å². The van der Waals surface area contributed by atoms with Gasteiger partial charge in [0, 0.05) is 6.08 Å². The molecular formula is C19H18Cl2N2O4. The molecule has 0 spiro atoms. The first kappa shape index (κ1) is 20.6. The molecule has 0 unspecified atom stereocenters. The molecule has 2 rings (SSSR count). The molecule has 2 aromatic rings. The number of hydrazine groups is 1. The summed E-state index contributed by atoms with van der Waals surface area (Å²) in [5, 5.41) is 0.645. The first-order valence-corrected chi connectivity index (χ1v) is 8.75. The standard InChI is InChI=1S/C19H18Cl2N2O4/c1-3-27-16-11-12(10-15(21)18(16)26-2)8-9-17(24)22-23-19(25)13-6-4-5-7-14(13)20/h4-11H,3H2,1-2H3,(H,22,24)(H,23,25)/b9-8+. The lowest BCUT2D eigenvalue weighted by Crippen LogP contribution is -2.40. The summed E-state index contributed by atoms with van der Waals surface area (Å²) in [5.41, 5.74) is 5.47. The second-order valence-corrected chi connectivity index (χ2v) is 6.04. The molecule has 2 amide bonds. The largest absolute Gasteiger partial charge is 0.491 e. The molecule has 0 atom stereocenters. The van der Waals surface area contributed by atoms with E-state index in [2.05, 4.69) is 10.9 Å². The lowest BCUT2D eigenvalue weighted by molar-refractivity contribution is -0.117. The number of nitrogens with one attached hydrogen (secondary N) is 2. The molecule has 0 radical (unpaired) electrons. The van der Waals surface area contributed by atoms with Crippen LogP contribution in [0, 0.1) is 0 Å². The summed E-state index contributed by atoms with van der Waals surface area (Å²) < 4.78 is 10.7. The normalized spacial score (nSPS) is 10.5. The minimum atomic E-state index is -0.527. The smallest absolute Gasteiger partial charge is 0.271 e. The monoisotopic (exact) mass is 408 g/mol. The predicted octanol–water partition coefficient (Wildman–Crippen LogP) is 3.88. The summed E-state index contributed by atoms with van der Waals surface area (Å²) in [6, 6.07) is 9.84. The van der Waals surface area contributed by atoms with Gasteiger partial charge in [-0.25, -0.2) is 0 Å². The van der Waals surface area contributed by atoms with Gasteiger partial charge in [0.2, 0.25) is 0 Å². The van der Waals surface area contributed by atoms with Gasteiger partial charge < -0.3 is 9.47 Å². The van der Waals surface area contributed by atoms with Gasteiger partial charge in [-0.2, -0.15) is 0 Å². The lowest BCUT2D eigenvalue weighted by atomic mass is 10.2. The number of hydrogen-bond acceptors (Lipinski definition) is 4. The molecular weight excluding hydrogens is 391 g/mol. The quantitative estimate of drug-likeness (QED) is 0.561. The zero-order valence-corrected chi connectivity index (χ0v) is 16.2. The van der Waals surface area contributed by atoms with Crippen molar-refractivity contribution in [1.82, 2.24) is 10.9 Å². The maximum absolute atomic E-state index is 12.0. The molecule has 6 nitrogen and oxygen atoms in total. The number of hydrogen-bond donors (Lipinski definition) is 2. The van der Waals surface area contributed by atoms with Gasteiger partial charge in [0.25, 0.3) is 11.8 Å². The predicted molar refractivity (Wildman–Crippen MR) is 105 cm³/mol. The minimum Gasteiger partial charge on any atom is -0.491 e. The molecule has 0 aromatic heterocycles. The van der Waals surface area contributed by atoms with Crippen LogP contribution in [-0.2, 0) is 4.79 Å². The van der Waals surface area contributed by atoms with Crippen LogP contribution in [0.4, 0.5) is 0 Å². The van der Waals surface area contributed by atoms with Gasteiger partial charge in [-0.15, -0.1) is 0 Å².